The topological polar surface area (TPSA) is 78.9 Å². The van der Waals surface area contributed by atoms with Gasteiger partial charge in [0.1, 0.15) is 29.9 Å². The second-order valence-electron chi connectivity index (χ2n) is 7.69. The largest absolute Gasteiger partial charge is 0.496 e. The first-order valence-electron chi connectivity index (χ1n) is 10.6. The monoisotopic (exact) mass is 465 g/mol. The van der Waals surface area contributed by atoms with Gasteiger partial charge in [-0.2, -0.15) is 5.26 Å². The minimum atomic E-state index is -0.140. The standard InChI is InChI=1S/C25H24ClN3O4/c1-31-22-8-6-20(26)14-19(22)16-28-10-12-29(13-11-28)25(30)24-9-7-21(33-24)17-32-23-5-3-2-4-18(23)15-27/h2-9,14H,10-13,16-17H2,1H3. The predicted molar refractivity (Wildman–Crippen MR) is 123 cm³/mol. The number of hydrogen-bond acceptors (Lipinski definition) is 6. The van der Waals surface area contributed by atoms with Crippen LogP contribution in [0.2, 0.25) is 5.02 Å². The van der Waals surface area contributed by atoms with Crippen LogP contribution in [0.25, 0.3) is 0 Å². The lowest BCUT2D eigenvalue weighted by Crippen LogP contribution is -2.48. The molecule has 3 aromatic rings. The highest BCUT2D eigenvalue weighted by Gasteiger charge is 2.25. The zero-order valence-electron chi connectivity index (χ0n) is 18.3. The molecule has 0 bridgehead atoms. The van der Waals surface area contributed by atoms with Gasteiger partial charge in [-0.3, -0.25) is 9.69 Å². The maximum Gasteiger partial charge on any atom is 0.289 e. The number of carbonyl (C=O) groups is 1. The van der Waals surface area contributed by atoms with Crippen LogP contribution in [0, 0.1) is 11.3 Å². The number of benzene rings is 2. The second kappa shape index (κ2) is 10.4. The van der Waals surface area contributed by atoms with Crippen molar-refractivity contribution in [2.75, 3.05) is 33.3 Å². The van der Waals surface area contributed by atoms with Gasteiger partial charge in [0.25, 0.3) is 5.91 Å². The third kappa shape index (κ3) is 5.48. The van der Waals surface area contributed by atoms with Gasteiger partial charge in [-0.25, -0.2) is 0 Å². The average molecular weight is 466 g/mol. The Morgan fingerprint density at radius 1 is 1.09 bits per heavy atom. The SMILES string of the molecule is COc1ccc(Cl)cc1CN1CCN(C(=O)c2ccc(COc3ccccc3C#N)o2)CC1. The smallest absolute Gasteiger partial charge is 0.289 e. The lowest BCUT2D eigenvalue weighted by molar-refractivity contribution is 0.0593. The predicted octanol–water partition coefficient (Wildman–Crippen LogP) is 4.35. The maximum atomic E-state index is 12.9. The molecular formula is C25H24ClN3O4. The number of nitrogens with zero attached hydrogens (tertiary/aromatic N) is 3. The van der Waals surface area contributed by atoms with Gasteiger partial charge in [-0.05, 0) is 42.5 Å². The Labute approximate surface area is 197 Å². The summed E-state index contributed by atoms with van der Waals surface area (Å²) in [7, 11) is 1.65. The normalized spacial score (nSPS) is 14.0. The van der Waals surface area contributed by atoms with Gasteiger partial charge in [0.15, 0.2) is 5.76 Å². The first kappa shape index (κ1) is 22.7. The highest BCUT2D eigenvalue weighted by molar-refractivity contribution is 6.30. The number of halogens is 1. The average Bonchev–Trinajstić information content (AvgIpc) is 3.32. The molecule has 0 N–H and O–H groups in total. The quantitative estimate of drug-likeness (QED) is 0.516. The van der Waals surface area contributed by atoms with Crippen molar-refractivity contribution in [1.29, 1.82) is 5.26 Å². The van der Waals surface area contributed by atoms with Crippen molar-refractivity contribution in [3.63, 3.8) is 0 Å². The number of piperazine rings is 1. The van der Waals surface area contributed by atoms with Crippen molar-refractivity contribution < 1.29 is 18.7 Å². The van der Waals surface area contributed by atoms with E-state index in [1.165, 1.54) is 0 Å². The molecule has 0 radical (unpaired) electrons. The van der Waals surface area contributed by atoms with E-state index in [1.54, 1.807) is 48.4 Å². The van der Waals surface area contributed by atoms with Gasteiger partial charge < -0.3 is 18.8 Å². The van der Waals surface area contributed by atoms with E-state index >= 15 is 0 Å². The van der Waals surface area contributed by atoms with E-state index in [1.807, 2.05) is 18.2 Å². The van der Waals surface area contributed by atoms with Crippen molar-refractivity contribution in [3.8, 4) is 17.6 Å². The van der Waals surface area contributed by atoms with Crippen LogP contribution in [0.15, 0.2) is 59.0 Å². The van der Waals surface area contributed by atoms with Crippen LogP contribution >= 0.6 is 11.6 Å². The summed E-state index contributed by atoms with van der Waals surface area (Å²) in [6.07, 6.45) is 0. The summed E-state index contributed by atoms with van der Waals surface area (Å²) in [5.74, 6) is 1.96. The fourth-order valence-electron chi connectivity index (χ4n) is 3.78. The first-order chi connectivity index (χ1) is 16.1. The van der Waals surface area contributed by atoms with Crippen LogP contribution in [0.3, 0.4) is 0 Å². The van der Waals surface area contributed by atoms with Gasteiger partial charge in [0.2, 0.25) is 0 Å². The van der Waals surface area contributed by atoms with Gasteiger partial charge in [0.05, 0.1) is 12.7 Å². The Balaban J connectivity index is 1.31. The zero-order chi connectivity index (χ0) is 23.2. The molecule has 0 aliphatic carbocycles. The van der Waals surface area contributed by atoms with Crippen LogP contribution in [0.5, 0.6) is 11.5 Å². The van der Waals surface area contributed by atoms with E-state index in [4.69, 9.17) is 30.8 Å². The summed E-state index contributed by atoms with van der Waals surface area (Å²) in [6, 6.07) is 18.1. The number of para-hydroxylation sites is 1. The molecule has 0 atom stereocenters. The van der Waals surface area contributed by atoms with Crippen molar-refractivity contribution in [2.24, 2.45) is 0 Å². The van der Waals surface area contributed by atoms with Gasteiger partial charge >= 0.3 is 0 Å². The Bertz CT molecular complexity index is 1160. The first-order valence-corrected chi connectivity index (χ1v) is 11.0. The van der Waals surface area contributed by atoms with Crippen LogP contribution in [-0.2, 0) is 13.2 Å². The van der Waals surface area contributed by atoms with Crippen LogP contribution in [0.1, 0.15) is 27.4 Å². The van der Waals surface area contributed by atoms with E-state index in [2.05, 4.69) is 11.0 Å². The van der Waals surface area contributed by atoms with Crippen molar-refractivity contribution in [2.45, 2.75) is 13.2 Å². The van der Waals surface area contributed by atoms with Gasteiger partial charge in [-0.15, -0.1) is 0 Å². The lowest BCUT2D eigenvalue weighted by atomic mass is 10.1. The van der Waals surface area contributed by atoms with E-state index in [9.17, 15) is 4.79 Å². The molecule has 1 amide bonds. The van der Waals surface area contributed by atoms with E-state index in [0.29, 0.717) is 41.7 Å². The highest BCUT2D eigenvalue weighted by atomic mass is 35.5. The highest BCUT2D eigenvalue weighted by Crippen LogP contribution is 2.25. The van der Waals surface area contributed by atoms with Crippen LogP contribution < -0.4 is 9.47 Å². The number of nitriles is 1. The fraction of sp³-hybridized carbons (Fsp3) is 0.280. The summed E-state index contributed by atoms with van der Waals surface area (Å²) in [4.78, 5) is 17.0. The molecule has 1 aliphatic heterocycles. The number of methoxy groups -OCH3 is 1. The molecule has 0 saturated carbocycles. The number of rotatable bonds is 7. The number of hydrogen-bond donors (Lipinski definition) is 0. The van der Waals surface area contributed by atoms with Crippen molar-refractivity contribution >= 4 is 17.5 Å². The molecule has 0 spiro atoms. The fourth-order valence-corrected chi connectivity index (χ4v) is 3.98. The minimum Gasteiger partial charge on any atom is -0.496 e. The summed E-state index contributed by atoms with van der Waals surface area (Å²) in [6.45, 7) is 3.53. The van der Waals surface area contributed by atoms with Crippen LogP contribution in [-0.4, -0.2) is 49.0 Å². The molecule has 2 aromatic carbocycles. The number of carbonyl (C=O) groups excluding carboxylic acids is 1. The van der Waals surface area contributed by atoms with Crippen molar-refractivity contribution in [1.82, 2.24) is 9.80 Å². The Kier molecular flexibility index (Phi) is 7.18. The Hall–Kier alpha value is -3.47. The van der Waals surface area contributed by atoms with E-state index < -0.39 is 0 Å². The minimum absolute atomic E-state index is 0.140. The summed E-state index contributed by atoms with van der Waals surface area (Å²) >= 11 is 6.14. The zero-order valence-corrected chi connectivity index (χ0v) is 19.0. The van der Waals surface area contributed by atoms with E-state index in [0.717, 1.165) is 24.4 Å². The molecule has 7 nitrogen and oxygen atoms in total. The van der Waals surface area contributed by atoms with Gasteiger partial charge in [0, 0.05) is 43.3 Å². The molecule has 1 aliphatic rings. The Morgan fingerprint density at radius 3 is 2.64 bits per heavy atom. The molecule has 2 heterocycles. The second-order valence-corrected chi connectivity index (χ2v) is 8.12. The molecule has 170 valence electrons. The van der Waals surface area contributed by atoms with Crippen LogP contribution in [0.4, 0.5) is 0 Å². The third-order valence-electron chi connectivity index (χ3n) is 5.55. The molecule has 4 rings (SSSR count). The number of furan rings is 1. The molecule has 0 unspecified atom stereocenters. The Morgan fingerprint density at radius 2 is 1.88 bits per heavy atom. The molecule has 1 fully saturated rings. The third-order valence-corrected chi connectivity index (χ3v) is 5.78. The lowest BCUT2D eigenvalue weighted by Gasteiger charge is -2.34. The van der Waals surface area contributed by atoms with Crippen molar-refractivity contribution in [3.05, 3.63) is 82.3 Å². The summed E-state index contributed by atoms with van der Waals surface area (Å²) in [5, 5.41) is 9.83. The molecule has 1 saturated heterocycles. The van der Waals surface area contributed by atoms with E-state index in [-0.39, 0.29) is 18.3 Å². The summed E-state index contributed by atoms with van der Waals surface area (Å²) < 4.78 is 16.8. The molecule has 8 heteroatoms. The maximum absolute atomic E-state index is 12.9. The number of ether oxygens (including phenoxy) is 2. The van der Waals surface area contributed by atoms with Gasteiger partial charge in [-0.1, -0.05) is 23.7 Å². The molecular weight excluding hydrogens is 442 g/mol. The molecule has 1 aromatic heterocycles. The number of amides is 1. The molecule has 33 heavy (non-hydrogen) atoms. The summed E-state index contributed by atoms with van der Waals surface area (Å²) in [5.41, 5.74) is 1.48.